The summed E-state index contributed by atoms with van der Waals surface area (Å²) in [7, 11) is 1.73. The van der Waals surface area contributed by atoms with E-state index in [0.29, 0.717) is 19.0 Å². The summed E-state index contributed by atoms with van der Waals surface area (Å²) in [6.07, 6.45) is 4.44. The van der Waals surface area contributed by atoms with Gasteiger partial charge in [-0.2, -0.15) is 0 Å². The molecular formula is C17H22FN7. The van der Waals surface area contributed by atoms with E-state index in [1.54, 1.807) is 19.4 Å². The average Bonchev–Trinajstić information content (AvgIpc) is 3.24. The molecule has 0 aliphatic carbocycles. The van der Waals surface area contributed by atoms with E-state index in [1.807, 2.05) is 17.7 Å². The molecule has 3 rings (SSSR count). The smallest absolute Gasteiger partial charge is 0.191 e. The first kappa shape index (κ1) is 16.9. The summed E-state index contributed by atoms with van der Waals surface area (Å²) >= 11 is 0. The highest BCUT2D eigenvalue weighted by molar-refractivity contribution is 5.83. The van der Waals surface area contributed by atoms with E-state index in [1.165, 1.54) is 12.1 Å². The van der Waals surface area contributed by atoms with E-state index in [4.69, 9.17) is 0 Å². The van der Waals surface area contributed by atoms with Gasteiger partial charge in [0.15, 0.2) is 11.8 Å². The average molecular weight is 343 g/mol. The minimum atomic E-state index is -0.233. The summed E-state index contributed by atoms with van der Waals surface area (Å²) in [4.78, 5) is 7.32. The van der Waals surface area contributed by atoms with Crippen molar-refractivity contribution < 1.29 is 4.39 Å². The van der Waals surface area contributed by atoms with Gasteiger partial charge in [0.25, 0.3) is 0 Å². The number of nitrogens with one attached hydrogen (secondary N) is 3. The van der Waals surface area contributed by atoms with Crippen molar-refractivity contribution in [3.63, 3.8) is 0 Å². The van der Waals surface area contributed by atoms with Crippen LogP contribution in [0.2, 0.25) is 0 Å². The zero-order valence-corrected chi connectivity index (χ0v) is 14.4. The lowest BCUT2D eigenvalue weighted by Gasteiger charge is -2.11. The highest BCUT2D eigenvalue weighted by Crippen LogP contribution is 2.19. The summed E-state index contributed by atoms with van der Waals surface area (Å²) in [5.74, 6) is 1.34. The molecule has 0 saturated carbocycles. The van der Waals surface area contributed by atoms with Crippen LogP contribution in [0.1, 0.15) is 18.3 Å². The van der Waals surface area contributed by atoms with Crippen LogP contribution in [0.5, 0.6) is 0 Å². The monoisotopic (exact) mass is 343 g/mol. The van der Waals surface area contributed by atoms with E-state index in [9.17, 15) is 4.39 Å². The Kier molecular flexibility index (Phi) is 5.27. The number of hydrogen-bond donors (Lipinski definition) is 3. The Morgan fingerprint density at radius 1 is 1.36 bits per heavy atom. The first-order valence-electron chi connectivity index (χ1n) is 8.28. The maximum atomic E-state index is 13.2. The standard InChI is InChI=1S/C17H22FN7/c1-3-25-11-23-24-16(25)10-22-17(19-2)20-7-6-12-9-21-15-8-13(18)4-5-14(12)15/h4-5,8-9,11,21H,3,6-7,10H2,1-2H3,(H2,19,20,22). The first-order valence-corrected chi connectivity index (χ1v) is 8.28. The minimum Gasteiger partial charge on any atom is -0.361 e. The number of aromatic amines is 1. The molecule has 0 aliphatic heterocycles. The van der Waals surface area contributed by atoms with Gasteiger partial charge in [-0.1, -0.05) is 0 Å². The van der Waals surface area contributed by atoms with Crippen molar-refractivity contribution in [2.24, 2.45) is 4.99 Å². The second-order valence-corrected chi connectivity index (χ2v) is 5.64. The van der Waals surface area contributed by atoms with Crippen LogP contribution in [0.4, 0.5) is 4.39 Å². The molecule has 1 aromatic carbocycles. The quantitative estimate of drug-likeness (QED) is 0.471. The second-order valence-electron chi connectivity index (χ2n) is 5.64. The number of H-pyrrole nitrogens is 1. The lowest BCUT2D eigenvalue weighted by Crippen LogP contribution is -2.38. The number of guanidine groups is 1. The Labute approximate surface area is 145 Å². The lowest BCUT2D eigenvalue weighted by atomic mass is 10.1. The van der Waals surface area contributed by atoms with Crippen molar-refractivity contribution in [2.45, 2.75) is 26.4 Å². The largest absolute Gasteiger partial charge is 0.361 e. The van der Waals surface area contributed by atoms with Gasteiger partial charge in [0, 0.05) is 37.2 Å². The van der Waals surface area contributed by atoms with Crippen LogP contribution < -0.4 is 10.6 Å². The van der Waals surface area contributed by atoms with Crippen LogP contribution in [0.15, 0.2) is 35.7 Å². The number of aliphatic imine (C=N–C) groups is 1. The highest BCUT2D eigenvalue weighted by atomic mass is 19.1. The van der Waals surface area contributed by atoms with Gasteiger partial charge >= 0.3 is 0 Å². The van der Waals surface area contributed by atoms with Crippen molar-refractivity contribution in [3.8, 4) is 0 Å². The van der Waals surface area contributed by atoms with Crippen LogP contribution in [0.3, 0.4) is 0 Å². The molecule has 0 amide bonds. The van der Waals surface area contributed by atoms with E-state index in [2.05, 4.69) is 30.8 Å². The number of aromatic nitrogens is 4. The Bertz CT molecular complexity index is 865. The van der Waals surface area contributed by atoms with Gasteiger partial charge < -0.3 is 20.2 Å². The molecule has 0 spiro atoms. The number of hydrogen-bond acceptors (Lipinski definition) is 3. The Morgan fingerprint density at radius 3 is 3.04 bits per heavy atom. The van der Waals surface area contributed by atoms with Crippen LogP contribution in [0, 0.1) is 5.82 Å². The molecule has 0 unspecified atom stereocenters. The molecule has 0 aliphatic rings. The molecule has 132 valence electrons. The van der Waals surface area contributed by atoms with Crippen LogP contribution in [0.25, 0.3) is 10.9 Å². The first-order chi connectivity index (χ1) is 12.2. The van der Waals surface area contributed by atoms with Crippen LogP contribution in [-0.4, -0.2) is 39.3 Å². The number of halogens is 1. The van der Waals surface area contributed by atoms with Crippen molar-refractivity contribution in [3.05, 3.63) is 47.9 Å². The third kappa shape index (κ3) is 3.96. The van der Waals surface area contributed by atoms with E-state index >= 15 is 0 Å². The summed E-state index contributed by atoms with van der Waals surface area (Å²) in [6.45, 7) is 4.15. The van der Waals surface area contributed by atoms with Crippen molar-refractivity contribution >= 4 is 16.9 Å². The summed E-state index contributed by atoms with van der Waals surface area (Å²) in [5.41, 5.74) is 1.96. The van der Waals surface area contributed by atoms with Gasteiger partial charge in [-0.25, -0.2) is 4.39 Å². The molecule has 0 radical (unpaired) electrons. The maximum absolute atomic E-state index is 13.2. The SMILES string of the molecule is CCn1cnnc1CNC(=NC)NCCc1c[nH]c2cc(F)ccc12. The van der Waals surface area contributed by atoms with Crippen LogP contribution >= 0.6 is 0 Å². The Balaban J connectivity index is 1.53. The van der Waals surface area contributed by atoms with Gasteiger partial charge in [-0.05, 0) is 37.1 Å². The van der Waals surface area contributed by atoms with Gasteiger partial charge in [0.1, 0.15) is 12.1 Å². The topological polar surface area (TPSA) is 82.9 Å². The molecule has 0 bridgehead atoms. The maximum Gasteiger partial charge on any atom is 0.191 e. The molecule has 0 saturated heterocycles. The van der Waals surface area contributed by atoms with E-state index in [0.717, 1.165) is 35.3 Å². The third-order valence-corrected chi connectivity index (χ3v) is 4.09. The Hall–Kier alpha value is -2.90. The van der Waals surface area contributed by atoms with Crippen molar-refractivity contribution in [1.29, 1.82) is 0 Å². The zero-order valence-electron chi connectivity index (χ0n) is 14.4. The molecule has 0 atom stereocenters. The van der Waals surface area contributed by atoms with Gasteiger partial charge in [0.05, 0.1) is 6.54 Å². The molecule has 0 fully saturated rings. The molecule has 8 heteroatoms. The summed E-state index contributed by atoms with van der Waals surface area (Å²) in [6, 6.07) is 4.80. The second kappa shape index (κ2) is 7.78. The molecule has 2 heterocycles. The fourth-order valence-electron chi connectivity index (χ4n) is 2.74. The normalized spacial score (nSPS) is 11.9. The van der Waals surface area contributed by atoms with Crippen molar-refractivity contribution in [1.82, 2.24) is 30.4 Å². The summed E-state index contributed by atoms with van der Waals surface area (Å²) in [5, 5.41) is 15.5. The van der Waals surface area contributed by atoms with Crippen molar-refractivity contribution in [2.75, 3.05) is 13.6 Å². The molecule has 3 N–H and O–H groups in total. The molecule has 25 heavy (non-hydrogen) atoms. The fraction of sp³-hybridized carbons (Fsp3) is 0.353. The number of benzene rings is 1. The van der Waals surface area contributed by atoms with E-state index in [-0.39, 0.29) is 5.82 Å². The number of nitrogens with zero attached hydrogens (tertiary/aromatic N) is 4. The number of aryl methyl sites for hydroxylation is 1. The van der Waals surface area contributed by atoms with Crippen LogP contribution in [-0.2, 0) is 19.5 Å². The predicted octanol–water partition coefficient (Wildman–Crippen LogP) is 1.83. The van der Waals surface area contributed by atoms with E-state index < -0.39 is 0 Å². The number of rotatable bonds is 6. The Morgan fingerprint density at radius 2 is 2.24 bits per heavy atom. The number of fused-ring (bicyclic) bond motifs is 1. The summed E-state index contributed by atoms with van der Waals surface area (Å²) < 4.78 is 15.2. The van der Waals surface area contributed by atoms with Gasteiger partial charge in [-0.3, -0.25) is 4.99 Å². The van der Waals surface area contributed by atoms with Gasteiger partial charge in [0.2, 0.25) is 0 Å². The fourth-order valence-corrected chi connectivity index (χ4v) is 2.74. The predicted molar refractivity (Wildman–Crippen MR) is 95.9 cm³/mol. The highest BCUT2D eigenvalue weighted by Gasteiger charge is 2.06. The molecule has 2 aromatic heterocycles. The molecular weight excluding hydrogens is 321 g/mol. The third-order valence-electron chi connectivity index (χ3n) is 4.09. The molecule has 7 nitrogen and oxygen atoms in total. The lowest BCUT2D eigenvalue weighted by molar-refractivity contribution is 0.629. The van der Waals surface area contributed by atoms with Gasteiger partial charge in [-0.15, -0.1) is 10.2 Å². The minimum absolute atomic E-state index is 0.233. The molecule has 3 aromatic rings. The zero-order chi connectivity index (χ0) is 17.6.